The summed E-state index contributed by atoms with van der Waals surface area (Å²) in [6.45, 7) is 5.61. The third-order valence-corrected chi connectivity index (χ3v) is 5.92. The number of hydrogen-bond donors (Lipinski definition) is 1. The molecular weight excluding hydrogens is 410 g/mol. The van der Waals surface area contributed by atoms with Crippen LogP contribution < -0.4 is 5.32 Å². The van der Waals surface area contributed by atoms with Gasteiger partial charge in [0.25, 0.3) is 5.91 Å². The number of anilines is 1. The molecule has 1 atom stereocenters. The van der Waals surface area contributed by atoms with Crippen molar-refractivity contribution in [2.24, 2.45) is 4.99 Å². The molecule has 2 aliphatic rings. The molecule has 7 heteroatoms. The summed E-state index contributed by atoms with van der Waals surface area (Å²) in [5.74, 6) is -0.378. The van der Waals surface area contributed by atoms with Gasteiger partial charge in [-0.2, -0.15) is 0 Å². The molecule has 0 radical (unpaired) electrons. The van der Waals surface area contributed by atoms with Gasteiger partial charge in [-0.15, -0.1) is 0 Å². The standard InChI is InChI=1S/C24H25N3O3S/c1-24(2,3)30-23(29)27-15-14-18-19(22(27)28)21(25-17-12-8-5-9-13-17)31-20(26-18)16-10-6-4-7-11-16/h4-13,20,25H,14-15H2,1-3H3. The summed E-state index contributed by atoms with van der Waals surface area (Å²) in [7, 11) is 0. The Morgan fingerprint density at radius 1 is 1.10 bits per heavy atom. The smallest absolute Gasteiger partial charge is 0.417 e. The van der Waals surface area contributed by atoms with E-state index in [9.17, 15) is 9.59 Å². The Hall–Kier alpha value is -3.06. The van der Waals surface area contributed by atoms with Crippen LogP contribution in [0, 0.1) is 0 Å². The van der Waals surface area contributed by atoms with E-state index in [2.05, 4.69) is 5.32 Å². The molecule has 6 nitrogen and oxygen atoms in total. The van der Waals surface area contributed by atoms with E-state index in [1.165, 1.54) is 16.7 Å². The van der Waals surface area contributed by atoms with Gasteiger partial charge in [0, 0.05) is 18.7 Å². The fourth-order valence-electron chi connectivity index (χ4n) is 3.39. The van der Waals surface area contributed by atoms with E-state index in [0.717, 1.165) is 17.0 Å². The van der Waals surface area contributed by atoms with Crippen LogP contribution in [0.3, 0.4) is 0 Å². The van der Waals surface area contributed by atoms with Crippen LogP contribution in [0.25, 0.3) is 0 Å². The minimum absolute atomic E-state index is 0.160. The van der Waals surface area contributed by atoms with Crippen molar-refractivity contribution in [1.82, 2.24) is 4.90 Å². The van der Waals surface area contributed by atoms with Crippen molar-refractivity contribution in [3.05, 3.63) is 76.8 Å². The summed E-state index contributed by atoms with van der Waals surface area (Å²) in [4.78, 5) is 32.0. The summed E-state index contributed by atoms with van der Waals surface area (Å²) >= 11 is 1.48. The highest BCUT2D eigenvalue weighted by Crippen LogP contribution is 2.43. The second kappa shape index (κ2) is 8.59. The summed E-state index contributed by atoms with van der Waals surface area (Å²) < 4.78 is 5.45. The molecule has 0 bridgehead atoms. The van der Waals surface area contributed by atoms with E-state index >= 15 is 0 Å². The van der Waals surface area contributed by atoms with E-state index in [1.807, 2.05) is 60.7 Å². The summed E-state index contributed by atoms with van der Waals surface area (Å²) in [6, 6.07) is 19.7. The number of hydrogen-bond acceptors (Lipinski definition) is 6. The Balaban J connectivity index is 1.69. The average molecular weight is 436 g/mol. The number of rotatable bonds is 3. The second-order valence-corrected chi connectivity index (χ2v) is 9.43. The monoisotopic (exact) mass is 435 g/mol. The van der Waals surface area contributed by atoms with Gasteiger partial charge in [0.1, 0.15) is 11.0 Å². The van der Waals surface area contributed by atoms with Crippen molar-refractivity contribution in [1.29, 1.82) is 0 Å². The van der Waals surface area contributed by atoms with Crippen LogP contribution >= 0.6 is 11.8 Å². The molecule has 4 rings (SSSR count). The van der Waals surface area contributed by atoms with Gasteiger partial charge in [0.05, 0.1) is 16.3 Å². The first-order chi connectivity index (χ1) is 14.8. The van der Waals surface area contributed by atoms with Gasteiger partial charge < -0.3 is 10.1 Å². The molecule has 0 aliphatic carbocycles. The number of amides is 2. The second-order valence-electron chi connectivity index (χ2n) is 8.34. The number of nitrogens with zero attached hydrogens (tertiary/aromatic N) is 2. The number of fused-ring (bicyclic) bond motifs is 1. The van der Waals surface area contributed by atoms with Crippen LogP contribution in [0.1, 0.15) is 38.1 Å². The molecular formula is C24H25N3O3S. The maximum Gasteiger partial charge on any atom is 0.417 e. The van der Waals surface area contributed by atoms with Crippen LogP contribution in [0.2, 0.25) is 0 Å². The van der Waals surface area contributed by atoms with Crippen LogP contribution in [0.4, 0.5) is 10.5 Å². The zero-order valence-electron chi connectivity index (χ0n) is 17.8. The number of para-hydroxylation sites is 1. The zero-order valence-corrected chi connectivity index (χ0v) is 18.6. The first-order valence-electron chi connectivity index (χ1n) is 10.2. The summed E-state index contributed by atoms with van der Waals surface area (Å²) in [5.41, 5.74) is 2.42. The fraction of sp³-hybridized carbons (Fsp3) is 0.292. The van der Waals surface area contributed by atoms with E-state index in [4.69, 9.17) is 9.73 Å². The van der Waals surface area contributed by atoms with Crippen LogP contribution in [0.15, 0.2) is 76.3 Å². The van der Waals surface area contributed by atoms with Gasteiger partial charge in [-0.1, -0.05) is 60.3 Å². The Kier molecular flexibility index (Phi) is 5.87. The lowest BCUT2D eigenvalue weighted by molar-refractivity contribution is -0.126. The average Bonchev–Trinajstić information content (AvgIpc) is 2.73. The van der Waals surface area contributed by atoms with Crippen LogP contribution in [0.5, 0.6) is 0 Å². The van der Waals surface area contributed by atoms with Crippen molar-refractivity contribution in [3.8, 4) is 0 Å². The van der Waals surface area contributed by atoms with Gasteiger partial charge in [0.2, 0.25) is 0 Å². The van der Waals surface area contributed by atoms with Gasteiger partial charge >= 0.3 is 6.09 Å². The first-order valence-corrected chi connectivity index (χ1v) is 11.1. The van der Waals surface area contributed by atoms with Crippen LogP contribution in [-0.4, -0.2) is 34.8 Å². The number of imide groups is 1. The lowest BCUT2D eigenvalue weighted by Gasteiger charge is -2.34. The third kappa shape index (κ3) is 4.82. The highest BCUT2D eigenvalue weighted by molar-refractivity contribution is 8.03. The summed E-state index contributed by atoms with van der Waals surface area (Å²) in [6.07, 6.45) is -0.136. The Bertz CT molecular complexity index is 1040. The molecule has 160 valence electrons. The Labute approximate surface area is 186 Å². The Morgan fingerprint density at radius 3 is 2.39 bits per heavy atom. The maximum atomic E-state index is 13.4. The number of thioether (sulfide) groups is 1. The van der Waals surface area contributed by atoms with Crippen molar-refractivity contribution in [2.75, 3.05) is 11.9 Å². The van der Waals surface area contributed by atoms with Gasteiger partial charge in [-0.25, -0.2) is 9.69 Å². The number of nitrogens with one attached hydrogen (secondary N) is 1. The number of carbonyl (C=O) groups excluding carboxylic acids is 2. The van der Waals surface area contributed by atoms with E-state index in [0.29, 0.717) is 17.0 Å². The Morgan fingerprint density at radius 2 is 1.74 bits per heavy atom. The molecule has 1 N–H and O–H groups in total. The first kappa shape index (κ1) is 21.2. The largest absolute Gasteiger partial charge is 0.443 e. The zero-order chi connectivity index (χ0) is 22.0. The number of aliphatic imine (C=N–C) groups is 1. The van der Waals surface area contributed by atoms with Crippen molar-refractivity contribution in [2.45, 2.75) is 38.2 Å². The molecule has 2 heterocycles. The van der Waals surface area contributed by atoms with E-state index < -0.39 is 11.7 Å². The number of piperidine rings is 1. The molecule has 0 spiro atoms. The summed E-state index contributed by atoms with van der Waals surface area (Å²) in [5, 5.41) is 3.92. The molecule has 1 saturated heterocycles. The van der Waals surface area contributed by atoms with E-state index in [-0.39, 0.29) is 17.8 Å². The third-order valence-electron chi connectivity index (χ3n) is 4.78. The highest BCUT2D eigenvalue weighted by Gasteiger charge is 2.39. The van der Waals surface area contributed by atoms with Crippen molar-refractivity contribution < 1.29 is 14.3 Å². The van der Waals surface area contributed by atoms with Crippen molar-refractivity contribution in [3.63, 3.8) is 0 Å². The lowest BCUT2D eigenvalue weighted by atomic mass is 10.0. The molecule has 2 aliphatic heterocycles. The predicted molar refractivity (Wildman–Crippen MR) is 124 cm³/mol. The maximum absolute atomic E-state index is 13.4. The van der Waals surface area contributed by atoms with Crippen LogP contribution in [-0.2, 0) is 9.53 Å². The molecule has 0 aromatic heterocycles. The van der Waals surface area contributed by atoms with Crippen molar-refractivity contribution >= 4 is 35.2 Å². The quantitative estimate of drug-likeness (QED) is 0.702. The number of benzene rings is 2. The minimum Gasteiger partial charge on any atom is -0.443 e. The fourth-order valence-corrected chi connectivity index (χ4v) is 4.59. The number of ether oxygens (including phenoxy) is 1. The normalized spacial score (nSPS) is 18.9. The number of carbonyl (C=O) groups is 2. The SMILES string of the molecule is CC(C)(C)OC(=O)N1CCC2=NC(c3ccccc3)SC(Nc3ccccc3)=C2C1=O. The van der Waals surface area contributed by atoms with Gasteiger partial charge in [-0.3, -0.25) is 9.79 Å². The predicted octanol–water partition coefficient (Wildman–Crippen LogP) is 5.36. The molecule has 2 aromatic rings. The lowest BCUT2D eigenvalue weighted by Crippen LogP contribution is -2.48. The van der Waals surface area contributed by atoms with Gasteiger partial charge in [-0.05, 0) is 38.5 Å². The van der Waals surface area contributed by atoms with E-state index in [1.54, 1.807) is 20.8 Å². The number of likely N-dealkylation sites (tertiary alicyclic amines) is 1. The molecule has 1 fully saturated rings. The molecule has 2 amide bonds. The highest BCUT2D eigenvalue weighted by atomic mass is 32.2. The molecule has 2 aromatic carbocycles. The molecule has 1 unspecified atom stereocenters. The molecule has 0 saturated carbocycles. The molecule has 31 heavy (non-hydrogen) atoms. The minimum atomic E-state index is -0.676. The topological polar surface area (TPSA) is 71.0 Å². The van der Waals surface area contributed by atoms with Gasteiger partial charge in [0.15, 0.2) is 0 Å².